The van der Waals surface area contributed by atoms with Crippen LogP contribution in [0.2, 0.25) is 0 Å². The van der Waals surface area contributed by atoms with Crippen molar-refractivity contribution in [2.45, 2.75) is 59.2 Å². The molecule has 1 N–H and O–H groups in total. The number of rotatable bonds is 1. The molecule has 2 nitrogen and oxygen atoms in total. The molecule has 1 rings (SSSR count). The molecule has 1 unspecified atom stereocenters. The molecule has 1 aliphatic rings. The summed E-state index contributed by atoms with van der Waals surface area (Å²) < 4.78 is 0. The van der Waals surface area contributed by atoms with Crippen molar-refractivity contribution in [2.75, 3.05) is 24.1 Å². The quantitative estimate of drug-likeness (QED) is 0.784. The zero-order chi connectivity index (χ0) is 13.6. The summed E-state index contributed by atoms with van der Waals surface area (Å²) in [6, 6.07) is 0.319. The van der Waals surface area contributed by atoms with Crippen LogP contribution in [-0.4, -0.2) is 51.8 Å². The fourth-order valence-electron chi connectivity index (χ4n) is 2.61. The average molecular weight is 261 g/mol. The Hall–Kier alpha value is 0.270. The molecule has 0 amide bonds. The molecule has 0 bridgehead atoms. The topological polar surface area (TPSA) is 23.5 Å². The van der Waals surface area contributed by atoms with Gasteiger partial charge in [0.1, 0.15) is 0 Å². The van der Waals surface area contributed by atoms with Crippen LogP contribution in [0.1, 0.15) is 41.5 Å². The normalized spacial score (nSPS) is 30.3. The first-order chi connectivity index (χ1) is 7.34. The van der Waals surface area contributed by atoms with E-state index in [0.717, 1.165) is 5.88 Å². The molecule has 0 saturated carbocycles. The van der Waals surface area contributed by atoms with Crippen LogP contribution < -0.4 is 0 Å². The zero-order valence-corrected chi connectivity index (χ0v) is 13.7. The van der Waals surface area contributed by atoms with Crippen LogP contribution >= 0.6 is 10.0 Å². The molecule has 1 saturated heterocycles. The lowest BCUT2D eigenvalue weighted by atomic mass is 9.84. The van der Waals surface area contributed by atoms with E-state index < -0.39 is 10.0 Å². The van der Waals surface area contributed by atoms with Crippen LogP contribution in [0.4, 0.5) is 0 Å². The first-order valence-corrected chi connectivity index (χ1v) is 9.27. The maximum absolute atomic E-state index is 10.6. The van der Waals surface area contributed by atoms with Gasteiger partial charge in [0.05, 0.1) is 6.10 Å². The van der Waals surface area contributed by atoms with E-state index in [2.05, 4.69) is 59.0 Å². The van der Waals surface area contributed by atoms with Crippen molar-refractivity contribution >= 4 is 10.0 Å². The van der Waals surface area contributed by atoms with Gasteiger partial charge in [0.25, 0.3) is 0 Å². The van der Waals surface area contributed by atoms with Gasteiger partial charge in [0.15, 0.2) is 0 Å². The molecule has 0 aliphatic carbocycles. The summed E-state index contributed by atoms with van der Waals surface area (Å²) in [5.74, 6) is 2.33. The Bertz CT molecular complexity index is 275. The van der Waals surface area contributed by atoms with Crippen LogP contribution in [0.3, 0.4) is 0 Å². The maximum Gasteiger partial charge on any atom is 0.0751 e. The van der Waals surface area contributed by atoms with E-state index in [1.807, 2.05) is 0 Å². The highest BCUT2D eigenvalue weighted by Crippen LogP contribution is 2.51. The van der Waals surface area contributed by atoms with E-state index in [-0.39, 0.29) is 17.1 Å². The molecule has 0 aromatic carbocycles. The molecular formula is C14H31NOS. The van der Waals surface area contributed by atoms with E-state index in [4.69, 9.17) is 0 Å². The first-order valence-electron chi connectivity index (χ1n) is 6.48. The monoisotopic (exact) mass is 261 g/mol. The van der Waals surface area contributed by atoms with E-state index in [0.29, 0.717) is 6.04 Å². The second-order valence-corrected chi connectivity index (χ2v) is 12.2. The average Bonchev–Trinajstić information content (AvgIpc) is 2.37. The molecule has 17 heavy (non-hydrogen) atoms. The van der Waals surface area contributed by atoms with Crippen molar-refractivity contribution in [1.29, 1.82) is 0 Å². The van der Waals surface area contributed by atoms with Crippen molar-refractivity contribution in [3.63, 3.8) is 0 Å². The zero-order valence-electron chi connectivity index (χ0n) is 12.9. The smallest absolute Gasteiger partial charge is 0.0751 e. The van der Waals surface area contributed by atoms with Gasteiger partial charge in [-0.15, -0.1) is 0 Å². The minimum absolute atomic E-state index is 0.0337. The van der Waals surface area contributed by atoms with Gasteiger partial charge in [-0.1, -0.05) is 20.8 Å². The Morgan fingerprint density at radius 1 is 1.12 bits per heavy atom. The summed E-state index contributed by atoms with van der Waals surface area (Å²) in [6.07, 6.45) is 4.54. The Kier molecular flexibility index (Phi) is 3.99. The Morgan fingerprint density at radius 2 is 1.59 bits per heavy atom. The van der Waals surface area contributed by atoms with Crippen LogP contribution in [0, 0.1) is 5.41 Å². The van der Waals surface area contributed by atoms with Gasteiger partial charge < -0.3 is 5.11 Å². The summed E-state index contributed by atoms with van der Waals surface area (Å²) in [5.41, 5.74) is 0.117. The number of aliphatic hydroxyl groups excluding tert-OH is 1. The summed E-state index contributed by atoms with van der Waals surface area (Å²) >= 11 is 0. The highest BCUT2D eigenvalue weighted by Gasteiger charge is 2.45. The lowest BCUT2D eigenvalue weighted by molar-refractivity contribution is -0.0265. The third-order valence-corrected chi connectivity index (χ3v) is 5.85. The van der Waals surface area contributed by atoms with Crippen molar-refractivity contribution in [3.8, 4) is 0 Å². The van der Waals surface area contributed by atoms with Gasteiger partial charge in [0.2, 0.25) is 0 Å². The molecule has 2 atom stereocenters. The highest BCUT2D eigenvalue weighted by molar-refractivity contribution is 8.32. The first kappa shape index (κ1) is 15.3. The fraction of sp³-hybridized carbons (Fsp3) is 1.00. The third kappa shape index (κ3) is 3.62. The van der Waals surface area contributed by atoms with Gasteiger partial charge in [-0.05, 0) is 44.5 Å². The van der Waals surface area contributed by atoms with Gasteiger partial charge in [-0.3, -0.25) is 4.90 Å². The molecule has 1 fully saturated rings. The molecule has 3 heteroatoms. The molecule has 1 heterocycles. The molecular weight excluding hydrogens is 230 g/mol. The number of hydrogen-bond donors (Lipinski definition) is 1. The van der Waals surface area contributed by atoms with Crippen LogP contribution in [0.15, 0.2) is 0 Å². The molecule has 1 aliphatic heterocycles. The molecule has 0 aromatic rings. The summed E-state index contributed by atoms with van der Waals surface area (Å²) in [5, 5.41) is 10.6. The second kappa shape index (κ2) is 4.43. The van der Waals surface area contributed by atoms with Crippen LogP contribution in [-0.2, 0) is 0 Å². The van der Waals surface area contributed by atoms with Crippen molar-refractivity contribution in [1.82, 2.24) is 4.90 Å². The largest absolute Gasteiger partial charge is 0.391 e. The number of aliphatic hydroxyl groups is 1. The number of nitrogens with zero attached hydrogens (tertiary/aromatic N) is 1. The van der Waals surface area contributed by atoms with Crippen LogP contribution in [0.25, 0.3) is 0 Å². The molecule has 0 spiro atoms. The van der Waals surface area contributed by atoms with Gasteiger partial charge in [0, 0.05) is 17.5 Å². The Labute approximate surface area is 109 Å². The molecule has 0 aromatic heterocycles. The predicted octanol–water partition coefficient (Wildman–Crippen LogP) is 2.90. The molecule has 0 radical (unpaired) electrons. The van der Waals surface area contributed by atoms with E-state index in [1.165, 1.54) is 5.75 Å². The molecule has 104 valence electrons. The van der Waals surface area contributed by atoms with Crippen molar-refractivity contribution < 1.29 is 5.11 Å². The Balaban J connectivity index is 2.97. The lowest BCUT2D eigenvalue weighted by Gasteiger charge is -2.42. The SMILES string of the molecule is CC(C)(C)C(O)[C@@H]1CS(C)(C)CN1C(C)(C)C. The van der Waals surface area contributed by atoms with E-state index in [9.17, 15) is 5.11 Å². The summed E-state index contributed by atoms with van der Waals surface area (Å²) in [4.78, 5) is 2.53. The third-order valence-electron chi connectivity index (χ3n) is 3.62. The van der Waals surface area contributed by atoms with Gasteiger partial charge >= 0.3 is 0 Å². The minimum Gasteiger partial charge on any atom is -0.391 e. The lowest BCUT2D eigenvalue weighted by Crippen LogP contribution is -2.53. The number of hydrogen-bond acceptors (Lipinski definition) is 2. The van der Waals surface area contributed by atoms with Crippen molar-refractivity contribution in [2.24, 2.45) is 5.41 Å². The maximum atomic E-state index is 10.6. The van der Waals surface area contributed by atoms with E-state index >= 15 is 0 Å². The summed E-state index contributed by atoms with van der Waals surface area (Å²) in [7, 11) is -0.567. The highest BCUT2D eigenvalue weighted by atomic mass is 32.3. The predicted molar refractivity (Wildman–Crippen MR) is 80.0 cm³/mol. The standard InChI is InChI=1S/C14H31NOS/c1-13(2,3)12(16)11-9-17(7,8)10-15(11)14(4,5)6/h11-12,16H,9-10H2,1-8H3/t11-,12?/m0/s1. The second-order valence-electron chi connectivity index (χ2n) is 8.08. The van der Waals surface area contributed by atoms with Gasteiger partial charge in [-0.25, -0.2) is 10.0 Å². The van der Waals surface area contributed by atoms with E-state index in [1.54, 1.807) is 0 Å². The van der Waals surface area contributed by atoms with Crippen LogP contribution in [0.5, 0.6) is 0 Å². The summed E-state index contributed by atoms with van der Waals surface area (Å²) in [6.45, 7) is 13.2. The Morgan fingerprint density at radius 3 is 1.94 bits per heavy atom. The minimum atomic E-state index is -0.567. The van der Waals surface area contributed by atoms with Crippen molar-refractivity contribution in [3.05, 3.63) is 0 Å². The van der Waals surface area contributed by atoms with Gasteiger partial charge in [-0.2, -0.15) is 0 Å². The fourth-order valence-corrected chi connectivity index (χ4v) is 5.33.